The summed E-state index contributed by atoms with van der Waals surface area (Å²) in [5.74, 6) is 0. The van der Waals surface area contributed by atoms with Crippen LogP contribution in [0.25, 0.3) is 0 Å². The molecule has 0 saturated heterocycles. The van der Waals surface area contributed by atoms with Crippen molar-refractivity contribution in [3.8, 4) is 0 Å². The van der Waals surface area contributed by atoms with Gasteiger partial charge in [-0.1, -0.05) is 101 Å². The van der Waals surface area contributed by atoms with E-state index < -0.39 is 0 Å². The van der Waals surface area contributed by atoms with Crippen LogP contribution in [0, 0.1) is 0 Å². The maximum absolute atomic E-state index is 2.43. The molecule has 1 unspecified atom stereocenters. The van der Waals surface area contributed by atoms with Crippen molar-refractivity contribution in [3.05, 3.63) is 35.9 Å². The van der Waals surface area contributed by atoms with Crippen LogP contribution in [0.5, 0.6) is 0 Å². The Morgan fingerprint density at radius 1 is 0.739 bits per heavy atom. The van der Waals surface area contributed by atoms with Crippen LogP contribution in [0.4, 0.5) is 0 Å². The third-order valence-corrected chi connectivity index (χ3v) is 6.44. The first-order chi connectivity index (χ1) is 10.8. The number of benzene rings is 1. The second kappa shape index (κ2) is 15.5. The zero-order valence-corrected chi connectivity index (χ0v) is 17.3. The van der Waals surface area contributed by atoms with Crippen molar-refractivity contribution < 1.29 is 0 Å². The minimum Gasteiger partial charge on any atom is -0.147 e. The summed E-state index contributed by atoms with van der Waals surface area (Å²) in [6.45, 7) is 7.16. The van der Waals surface area contributed by atoms with E-state index in [1.165, 1.54) is 70.6 Å². The molecule has 0 N–H and O–H groups in total. The highest BCUT2D eigenvalue weighted by molar-refractivity contribution is 7.56. The van der Waals surface area contributed by atoms with E-state index in [1.54, 1.807) is 5.56 Å². The fourth-order valence-corrected chi connectivity index (χ4v) is 4.69. The zero-order valence-electron chi connectivity index (χ0n) is 15.6. The highest BCUT2D eigenvalue weighted by Crippen LogP contribution is 2.47. The van der Waals surface area contributed by atoms with Crippen LogP contribution in [0.3, 0.4) is 0 Å². The molecule has 0 aliphatic heterocycles. The molecular formula is C21H38ClP. The van der Waals surface area contributed by atoms with Gasteiger partial charge in [0.1, 0.15) is 0 Å². The lowest BCUT2D eigenvalue weighted by Gasteiger charge is -2.21. The fourth-order valence-electron chi connectivity index (χ4n) is 3.22. The van der Waals surface area contributed by atoms with Gasteiger partial charge < -0.3 is 0 Å². The Kier molecular flexibility index (Phi) is 15.4. The third-order valence-electron chi connectivity index (χ3n) is 4.64. The highest BCUT2D eigenvalue weighted by Gasteiger charge is 2.14. The molecule has 0 amide bonds. The first kappa shape index (κ1) is 22.9. The molecule has 1 atom stereocenters. The van der Waals surface area contributed by atoms with Crippen molar-refractivity contribution in [2.75, 3.05) is 13.3 Å². The summed E-state index contributed by atoms with van der Waals surface area (Å²) in [5, 5.41) is 0. The summed E-state index contributed by atoms with van der Waals surface area (Å²) in [6.07, 6.45) is 15.7. The normalized spacial score (nSPS) is 12.2. The summed E-state index contributed by atoms with van der Waals surface area (Å²) in [7, 11) is 0.124. The average molecular weight is 357 g/mol. The predicted octanol–water partition coefficient (Wildman–Crippen LogP) is 8.20. The summed E-state index contributed by atoms with van der Waals surface area (Å²) < 4.78 is 0. The van der Waals surface area contributed by atoms with Crippen LogP contribution in [0.2, 0.25) is 0 Å². The first-order valence-electron chi connectivity index (χ1n) is 9.47. The van der Waals surface area contributed by atoms with Gasteiger partial charge in [0.25, 0.3) is 0 Å². The van der Waals surface area contributed by atoms with Crippen LogP contribution < -0.4 is 0 Å². The second-order valence-electron chi connectivity index (χ2n) is 6.86. The second-order valence-corrected chi connectivity index (χ2v) is 9.41. The molecule has 0 heterocycles. The van der Waals surface area contributed by atoms with Crippen molar-refractivity contribution in [1.82, 2.24) is 0 Å². The van der Waals surface area contributed by atoms with Crippen LogP contribution >= 0.6 is 20.3 Å². The molecule has 0 bridgehead atoms. The van der Waals surface area contributed by atoms with Gasteiger partial charge in [0.05, 0.1) is 0 Å². The van der Waals surface area contributed by atoms with Crippen LogP contribution in [0.15, 0.2) is 30.3 Å². The number of rotatable bonds is 13. The Balaban J connectivity index is 0.00000484. The summed E-state index contributed by atoms with van der Waals surface area (Å²) >= 11 is 0. The standard InChI is InChI=1S/C21H37P.ClH/c1-4-5-6-7-8-9-10-11-12-16-19-21(22(2)3)20-17-14-13-15-18-20;/h13-15,17-18,21H,4-12,16,19H2,1-3H3;1H. The Labute approximate surface area is 153 Å². The van der Waals surface area contributed by atoms with Gasteiger partial charge in [-0.3, -0.25) is 0 Å². The van der Waals surface area contributed by atoms with Gasteiger partial charge in [-0.05, 0) is 25.3 Å². The van der Waals surface area contributed by atoms with Gasteiger partial charge in [-0.15, -0.1) is 20.3 Å². The molecule has 134 valence electrons. The fraction of sp³-hybridized carbons (Fsp3) is 0.714. The molecule has 0 aliphatic carbocycles. The van der Waals surface area contributed by atoms with Gasteiger partial charge in [-0.2, -0.15) is 0 Å². The lowest BCUT2D eigenvalue weighted by Crippen LogP contribution is -1.96. The Morgan fingerprint density at radius 2 is 1.22 bits per heavy atom. The molecule has 0 fully saturated rings. The SMILES string of the molecule is CCCCCCCCCCCCC(c1ccccc1)P(C)C.Cl. The van der Waals surface area contributed by atoms with Crippen molar-refractivity contribution in [3.63, 3.8) is 0 Å². The molecule has 0 spiro atoms. The van der Waals surface area contributed by atoms with E-state index in [-0.39, 0.29) is 20.3 Å². The average Bonchev–Trinajstić information content (AvgIpc) is 2.53. The largest absolute Gasteiger partial charge is 0.147 e. The van der Waals surface area contributed by atoms with Gasteiger partial charge in [0.15, 0.2) is 0 Å². The summed E-state index contributed by atoms with van der Waals surface area (Å²) in [4.78, 5) is 0. The highest BCUT2D eigenvalue weighted by atomic mass is 35.5. The molecule has 1 aromatic rings. The number of halogens is 1. The van der Waals surface area contributed by atoms with Gasteiger partial charge in [0, 0.05) is 5.66 Å². The zero-order chi connectivity index (χ0) is 16.0. The predicted molar refractivity (Wildman–Crippen MR) is 112 cm³/mol. The van der Waals surface area contributed by atoms with E-state index in [0.717, 1.165) is 5.66 Å². The Bertz CT molecular complexity index is 350. The molecule has 0 aromatic heterocycles. The molecule has 0 nitrogen and oxygen atoms in total. The minimum atomic E-state index is 0. The monoisotopic (exact) mass is 356 g/mol. The maximum Gasteiger partial charge on any atom is 0.00368 e. The van der Waals surface area contributed by atoms with Crippen LogP contribution in [-0.4, -0.2) is 13.3 Å². The lowest BCUT2D eigenvalue weighted by atomic mass is 10.0. The van der Waals surface area contributed by atoms with E-state index in [0.29, 0.717) is 0 Å². The number of hydrogen-bond donors (Lipinski definition) is 0. The first-order valence-corrected chi connectivity index (χ1v) is 11.8. The number of hydrogen-bond acceptors (Lipinski definition) is 0. The molecule has 23 heavy (non-hydrogen) atoms. The molecule has 1 aromatic carbocycles. The molecule has 0 radical (unpaired) electrons. The molecular weight excluding hydrogens is 319 g/mol. The molecule has 1 rings (SSSR count). The Hall–Kier alpha value is -0.0600. The summed E-state index contributed by atoms with van der Waals surface area (Å²) in [6, 6.07) is 11.2. The van der Waals surface area contributed by atoms with E-state index >= 15 is 0 Å². The van der Waals surface area contributed by atoms with Gasteiger partial charge >= 0.3 is 0 Å². The van der Waals surface area contributed by atoms with E-state index in [4.69, 9.17) is 0 Å². The third kappa shape index (κ3) is 11.2. The van der Waals surface area contributed by atoms with E-state index in [9.17, 15) is 0 Å². The number of unbranched alkanes of at least 4 members (excludes halogenated alkanes) is 9. The van der Waals surface area contributed by atoms with Crippen molar-refractivity contribution >= 4 is 20.3 Å². The van der Waals surface area contributed by atoms with Gasteiger partial charge in [-0.25, -0.2) is 0 Å². The van der Waals surface area contributed by atoms with Gasteiger partial charge in [0.2, 0.25) is 0 Å². The Morgan fingerprint density at radius 3 is 1.70 bits per heavy atom. The van der Waals surface area contributed by atoms with Crippen molar-refractivity contribution in [2.45, 2.75) is 83.2 Å². The smallest absolute Gasteiger partial charge is 0.00368 e. The van der Waals surface area contributed by atoms with E-state index in [1.807, 2.05) is 0 Å². The van der Waals surface area contributed by atoms with Crippen molar-refractivity contribution in [1.29, 1.82) is 0 Å². The topological polar surface area (TPSA) is 0 Å². The maximum atomic E-state index is 2.43. The minimum absolute atomic E-state index is 0. The summed E-state index contributed by atoms with van der Waals surface area (Å²) in [5.41, 5.74) is 2.37. The molecule has 2 heteroatoms. The van der Waals surface area contributed by atoms with E-state index in [2.05, 4.69) is 50.6 Å². The lowest BCUT2D eigenvalue weighted by molar-refractivity contribution is 0.548. The molecule has 0 aliphatic rings. The quantitative estimate of drug-likeness (QED) is 0.247. The van der Waals surface area contributed by atoms with Crippen molar-refractivity contribution in [2.24, 2.45) is 0 Å². The van der Waals surface area contributed by atoms with Crippen LogP contribution in [0.1, 0.15) is 88.8 Å². The van der Waals surface area contributed by atoms with Crippen LogP contribution in [-0.2, 0) is 0 Å². The molecule has 0 saturated carbocycles.